The van der Waals surface area contributed by atoms with E-state index in [2.05, 4.69) is 31.2 Å². The summed E-state index contributed by atoms with van der Waals surface area (Å²) in [5, 5.41) is 3.48. The predicted octanol–water partition coefficient (Wildman–Crippen LogP) is 3.59. The van der Waals surface area contributed by atoms with Gasteiger partial charge in [-0.15, -0.1) is 0 Å². The molecule has 1 saturated carbocycles. The number of hydrogen-bond donors (Lipinski definition) is 1. The second-order valence-electron chi connectivity index (χ2n) is 4.96. The molecule has 2 aromatic rings. The molecule has 0 radical (unpaired) electrons. The highest BCUT2D eigenvalue weighted by atomic mass is 79.9. The van der Waals surface area contributed by atoms with E-state index in [-0.39, 0.29) is 0 Å². The fourth-order valence-corrected chi connectivity index (χ4v) is 2.29. The van der Waals surface area contributed by atoms with Crippen LogP contribution in [0.2, 0.25) is 0 Å². The highest BCUT2D eigenvalue weighted by Crippen LogP contribution is 2.28. The van der Waals surface area contributed by atoms with Crippen molar-refractivity contribution in [1.82, 2.24) is 15.3 Å². The Morgan fingerprint density at radius 1 is 1.40 bits per heavy atom. The number of nitrogens with one attached hydrogen (secondary N) is 1. The maximum Gasteiger partial charge on any atom is 0.223 e. The predicted molar refractivity (Wildman–Crippen MR) is 80.8 cm³/mol. The van der Waals surface area contributed by atoms with Gasteiger partial charge in [-0.25, -0.2) is 4.98 Å². The molecule has 0 aromatic carbocycles. The Morgan fingerprint density at radius 2 is 2.25 bits per heavy atom. The molecule has 1 N–H and O–H groups in total. The fraction of sp³-hybridized carbons (Fsp3) is 0.333. The van der Waals surface area contributed by atoms with Crippen LogP contribution in [0, 0.1) is 6.92 Å². The molecule has 0 atom stereocenters. The molecule has 2 heterocycles. The first-order chi connectivity index (χ1) is 9.72. The van der Waals surface area contributed by atoms with E-state index in [4.69, 9.17) is 4.74 Å². The highest BCUT2D eigenvalue weighted by molar-refractivity contribution is 9.10. The highest BCUT2D eigenvalue weighted by Gasteiger charge is 2.21. The fourth-order valence-electron chi connectivity index (χ4n) is 1.91. The van der Waals surface area contributed by atoms with Gasteiger partial charge < -0.3 is 10.1 Å². The third-order valence-electron chi connectivity index (χ3n) is 3.22. The standard InChI is InChI=1S/C15H16BrN3O/c1-10-14(3-2-6-17-10)20-15-11(7-12(16)9-19-15)8-18-13-4-5-13/h2-3,6-7,9,13,18H,4-5,8H2,1H3. The third kappa shape index (κ3) is 3.35. The van der Waals surface area contributed by atoms with Crippen LogP contribution >= 0.6 is 15.9 Å². The Balaban J connectivity index is 1.82. The number of nitrogens with zero attached hydrogens (tertiary/aromatic N) is 2. The van der Waals surface area contributed by atoms with Crippen LogP contribution in [0.15, 0.2) is 35.1 Å². The van der Waals surface area contributed by atoms with Crippen molar-refractivity contribution in [3.05, 3.63) is 46.3 Å². The zero-order chi connectivity index (χ0) is 13.9. The summed E-state index contributed by atoms with van der Waals surface area (Å²) in [7, 11) is 0. The minimum absolute atomic E-state index is 0.637. The summed E-state index contributed by atoms with van der Waals surface area (Å²) < 4.78 is 6.87. The van der Waals surface area contributed by atoms with Crippen molar-refractivity contribution in [1.29, 1.82) is 0 Å². The van der Waals surface area contributed by atoms with Gasteiger partial charge in [-0.3, -0.25) is 4.98 Å². The summed E-state index contributed by atoms with van der Waals surface area (Å²) in [6.45, 7) is 2.70. The van der Waals surface area contributed by atoms with Gasteiger partial charge in [0.25, 0.3) is 0 Å². The molecular formula is C15H16BrN3O. The molecule has 0 spiro atoms. The van der Waals surface area contributed by atoms with Gasteiger partial charge in [0, 0.05) is 35.0 Å². The van der Waals surface area contributed by atoms with Crippen molar-refractivity contribution in [2.75, 3.05) is 0 Å². The Hall–Kier alpha value is -1.46. The Morgan fingerprint density at radius 3 is 3.00 bits per heavy atom. The van der Waals surface area contributed by atoms with Crippen molar-refractivity contribution in [2.24, 2.45) is 0 Å². The van der Waals surface area contributed by atoms with Gasteiger partial charge in [0.05, 0.1) is 5.69 Å². The minimum Gasteiger partial charge on any atom is -0.437 e. The monoisotopic (exact) mass is 333 g/mol. The van der Waals surface area contributed by atoms with E-state index in [0.717, 1.165) is 28.0 Å². The SMILES string of the molecule is Cc1ncccc1Oc1ncc(Br)cc1CNC1CC1. The lowest BCUT2D eigenvalue weighted by molar-refractivity contribution is 0.446. The van der Waals surface area contributed by atoms with Crippen LogP contribution < -0.4 is 10.1 Å². The van der Waals surface area contributed by atoms with E-state index in [1.165, 1.54) is 12.8 Å². The van der Waals surface area contributed by atoms with Crippen LogP contribution in [0.3, 0.4) is 0 Å². The minimum atomic E-state index is 0.637. The van der Waals surface area contributed by atoms with E-state index in [1.807, 2.05) is 25.1 Å². The van der Waals surface area contributed by atoms with Crippen LogP contribution in [-0.4, -0.2) is 16.0 Å². The van der Waals surface area contributed by atoms with Crippen molar-refractivity contribution in [3.63, 3.8) is 0 Å². The lowest BCUT2D eigenvalue weighted by Gasteiger charge is -2.12. The van der Waals surface area contributed by atoms with Gasteiger partial charge >= 0.3 is 0 Å². The first kappa shape index (κ1) is 13.5. The summed E-state index contributed by atoms with van der Waals surface area (Å²) in [5.74, 6) is 1.38. The van der Waals surface area contributed by atoms with E-state index >= 15 is 0 Å². The topological polar surface area (TPSA) is 47.0 Å². The molecule has 0 amide bonds. The zero-order valence-electron chi connectivity index (χ0n) is 11.3. The van der Waals surface area contributed by atoms with Gasteiger partial charge in [-0.1, -0.05) is 0 Å². The molecule has 104 valence electrons. The molecule has 4 nitrogen and oxygen atoms in total. The first-order valence-corrected chi connectivity index (χ1v) is 7.49. The normalized spacial score (nSPS) is 14.3. The lowest BCUT2D eigenvalue weighted by Crippen LogP contribution is -2.16. The number of hydrogen-bond acceptors (Lipinski definition) is 4. The quantitative estimate of drug-likeness (QED) is 0.908. The number of pyridine rings is 2. The average molecular weight is 334 g/mol. The smallest absolute Gasteiger partial charge is 0.223 e. The molecule has 0 saturated heterocycles. The second kappa shape index (κ2) is 5.89. The molecule has 20 heavy (non-hydrogen) atoms. The summed E-state index contributed by atoms with van der Waals surface area (Å²) in [6.07, 6.45) is 6.03. The maximum absolute atomic E-state index is 5.91. The molecule has 1 aliphatic carbocycles. The molecule has 3 rings (SSSR count). The lowest BCUT2D eigenvalue weighted by atomic mass is 10.2. The molecule has 5 heteroatoms. The van der Waals surface area contributed by atoms with E-state index in [1.54, 1.807) is 12.4 Å². The van der Waals surface area contributed by atoms with Crippen LogP contribution in [0.25, 0.3) is 0 Å². The van der Waals surface area contributed by atoms with Crippen LogP contribution in [-0.2, 0) is 6.54 Å². The maximum atomic E-state index is 5.91. The summed E-state index contributed by atoms with van der Waals surface area (Å²) in [6, 6.07) is 6.47. The molecular weight excluding hydrogens is 318 g/mol. The number of aryl methyl sites for hydroxylation is 1. The zero-order valence-corrected chi connectivity index (χ0v) is 12.9. The number of rotatable bonds is 5. The molecule has 1 fully saturated rings. The Kier molecular flexibility index (Phi) is 3.98. The second-order valence-corrected chi connectivity index (χ2v) is 5.88. The van der Waals surface area contributed by atoms with Gasteiger partial charge in [-0.05, 0) is 53.9 Å². The van der Waals surface area contributed by atoms with Gasteiger partial charge in [-0.2, -0.15) is 0 Å². The summed E-state index contributed by atoms with van der Waals surface area (Å²) >= 11 is 3.46. The molecule has 1 aliphatic rings. The summed E-state index contributed by atoms with van der Waals surface area (Å²) in [5.41, 5.74) is 1.91. The number of halogens is 1. The van der Waals surface area contributed by atoms with E-state index in [0.29, 0.717) is 11.9 Å². The Bertz CT molecular complexity index is 614. The first-order valence-electron chi connectivity index (χ1n) is 6.69. The van der Waals surface area contributed by atoms with Crippen molar-refractivity contribution < 1.29 is 4.74 Å². The van der Waals surface area contributed by atoms with Gasteiger partial charge in [0.2, 0.25) is 5.88 Å². The molecule has 0 aliphatic heterocycles. The third-order valence-corrected chi connectivity index (χ3v) is 3.65. The van der Waals surface area contributed by atoms with E-state index < -0.39 is 0 Å². The van der Waals surface area contributed by atoms with Crippen LogP contribution in [0.4, 0.5) is 0 Å². The summed E-state index contributed by atoms with van der Waals surface area (Å²) in [4.78, 5) is 8.61. The Labute approximate surface area is 126 Å². The molecule has 0 bridgehead atoms. The van der Waals surface area contributed by atoms with Crippen molar-refractivity contribution >= 4 is 15.9 Å². The number of ether oxygens (including phenoxy) is 1. The van der Waals surface area contributed by atoms with Crippen molar-refractivity contribution in [3.8, 4) is 11.6 Å². The average Bonchev–Trinajstić information content (AvgIpc) is 3.25. The van der Waals surface area contributed by atoms with Crippen LogP contribution in [0.1, 0.15) is 24.1 Å². The molecule has 0 unspecified atom stereocenters. The van der Waals surface area contributed by atoms with Gasteiger partial charge in [0.1, 0.15) is 0 Å². The van der Waals surface area contributed by atoms with Gasteiger partial charge in [0.15, 0.2) is 5.75 Å². The number of aromatic nitrogens is 2. The van der Waals surface area contributed by atoms with Crippen molar-refractivity contribution in [2.45, 2.75) is 32.4 Å². The molecule has 2 aromatic heterocycles. The van der Waals surface area contributed by atoms with E-state index in [9.17, 15) is 0 Å². The van der Waals surface area contributed by atoms with Crippen LogP contribution in [0.5, 0.6) is 11.6 Å². The largest absolute Gasteiger partial charge is 0.437 e.